The fraction of sp³-hybridized carbons (Fsp3) is 0.458. The molecule has 12 heteroatoms. The molecule has 3 aromatic rings. The topological polar surface area (TPSA) is 93.3 Å². The number of ether oxygens (including phenoxy) is 1. The summed E-state index contributed by atoms with van der Waals surface area (Å²) < 4.78 is 71.9. The summed E-state index contributed by atoms with van der Waals surface area (Å²) in [6.07, 6.45) is -3.58. The van der Waals surface area contributed by atoms with Gasteiger partial charge < -0.3 is 14.9 Å². The number of hydrogen-bond acceptors (Lipinski definition) is 6. The Morgan fingerprint density at radius 2 is 1.75 bits per heavy atom. The number of hydrogen-bond donors (Lipinski definition) is 2. The second kappa shape index (κ2) is 8.48. The minimum absolute atomic E-state index is 0.0271. The summed E-state index contributed by atoms with van der Waals surface area (Å²) in [6, 6.07) is 9.77. The van der Waals surface area contributed by atoms with Crippen LogP contribution in [0.25, 0.3) is 0 Å². The first kappa shape index (κ1) is 24.6. The lowest BCUT2D eigenvalue weighted by Crippen LogP contribution is -2.66. The summed E-state index contributed by atoms with van der Waals surface area (Å²) in [4.78, 5) is 0. The molecular formula is C24H23F5N4O3. The Bertz CT molecular complexity index is 1220. The third-order valence-electron chi connectivity index (χ3n) is 7.31. The van der Waals surface area contributed by atoms with E-state index in [0.717, 1.165) is 37.0 Å². The van der Waals surface area contributed by atoms with Gasteiger partial charge in [-0.2, -0.15) is 13.2 Å². The maximum Gasteiger partial charge on any atom is 0.417 e. The normalized spacial score (nSPS) is 25.4. The van der Waals surface area contributed by atoms with Gasteiger partial charge in [-0.1, -0.05) is 18.2 Å². The van der Waals surface area contributed by atoms with E-state index < -0.39 is 36.1 Å². The van der Waals surface area contributed by atoms with Gasteiger partial charge in [0.15, 0.2) is 6.10 Å². The Morgan fingerprint density at radius 1 is 1.06 bits per heavy atom. The van der Waals surface area contributed by atoms with Gasteiger partial charge in [0.1, 0.15) is 35.9 Å². The van der Waals surface area contributed by atoms with Gasteiger partial charge in [0, 0.05) is 11.6 Å². The van der Waals surface area contributed by atoms with E-state index in [2.05, 4.69) is 15.5 Å². The number of aliphatic hydroxyl groups is 2. The number of alkyl halides is 3. The molecule has 0 saturated heterocycles. The lowest BCUT2D eigenvalue weighted by Gasteiger charge is -2.72. The molecule has 6 rings (SSSR count). The average Bonchev–Trinajstić information content (AvgIpc) is 3.26. The summed E-state index contributed by atoms with van der Waals surface area (Å²) in [5.41, 5.74) is -1.10. The highest BCUT2D eigenvalue weighted by Gasteiger charge is 2.69. The Kier molecular flexibility index (Phi) is 5.79. The molecule has 0 radical (unpaired) electrons. The van der Waals surface area contributed by atoms with Gasteiger partial charge in [-0.3, -0.25) is 0 Å². The standard InChI is InChI=1S/C24H23F5N4O3/c25-16-3-6-18(19(26)7-16)23(35,13-33-14-30-31-32-33)12-21-9-22(10-21,11-21)15-1-4-17(5-2-15)36-8-20(34)24(27,28)29/h1-7,14,20,34-35H,8-13H2/t20-,21?,22?,23-/m0/s1. The predicted octanol–water partition coefficient (Wildman–Crippen LogP) is 3.65. The van der Waals surface area contributed by atoms with Crippen molar-refractivity contribution in [3.63, 3.8) is 0 Å². The molecule has 0 aliphatic heterocycles. The van der Waals surface area contributed by atoms with Crippen LogP contribution in [0.3, 0.4) is 0 Å². The van der Waals surface area contributed by atoms with Gasteiger partial charge in [0.2, 0.25) is 0 Å². The Morgan fingerprint density at radius 3 is 2.33 bits per heavy atom. The molecule has 7 nitrogen and oxygen atoms in total. The van der Waals surface area contributed by atoms with Gasteiger partial charge in [0.25, 0.3) is 0 Å². The molecule has 36 heavy (non-hydrogen) atoms. The van der Waals surface area contributed by atoms with E-state index >= 15 is 0 Å². The van der Waals surface area contributed by atoms with E-state index in [-0.39, 0.29) is 35.1 Å². The van der Waals surface area contributed by atoms with Crippen molar-refractivity contribution in [1.29, 1.82) is 0 Å². The van der Waals surface area contributed by atoms with Crippen molar-refractivity contribution in [2.45, 2.75) is 55.5 Å². The molecule has 0 spiro atoms. The van der Waals surface area contributed by atoms with Crippen LogP contribution >= 0.6 is 0 Å². The van der Waals surface area contributed by atoms with Gasteiger partial charge in [-0.25, -0.2) is 13.5 Å². The summed E-state index contributed by atoms with van der Waals surface area (Å²) >= 11 is 0. The van der Waals surface area contributed by atoms with Crippen LogP contribution in [-0.4, -0.2) is 49.3 Å². The summed E-state index contributed by atoms with van der Waals surface area (Å²) in [7, 11) is 0. The van der Waals surface area contributed by atoms with Crippen molar-refractivity contribution < 1.29 is 36.9 Å². The van der Waals surface area contributed by atoms with Crippen LogP contribution in [0.15, 0.2) is 48.8 Å². The van der Waals surface area contributed by atoms with E-state index in [1.54, 1.807) is 24.3 Å². The molecule has 3 aliphatic rings. The molecule has 2 bridgehead atoms. The largest absolute Gasteiger partial charge is 0.491 e. The number of benzene rings is 2. The molecule has 2 aromatic carbocycles. The number of rotatable bonds is 9. The summed E-state index contributed by atoms with van der Waals surface area (Å²) in [5, 5.41) is 31.6. The monoisotopic (exact) mass is 510 g/mol. The first-order valence-electron chi connectivity index (χ1n) is 11.3. The van der Waals surface area contributed by atoms with Crippen molar-refractivity contribution >= 4 is 0 Å². The van der Waals surface area contributed by atoms with Crippen molar-refractivity contribution in [2.24, 2.45) is 5.41 Å². The lowest BCUT2D eigenvalue weighted by molar-refractivity contribution is -0.210. The first-order valence-corrected chi connectivity index (χ1v) is 11.3. The molecule has 0 amide bonds. The second-order valence-electron chi connectivity index (χ2n) is 10.0. The van der Waals surface area contributed by atoms with E-state index in [0.29, 0.717) is 0 Å². The van der Waals surface area contributed by atoms with Crippen LogP contribution in [0.2, 0.25) is 0 Å². The third-order valence-corrected chi connectivity index (χ3v) is 7.31. The number of tetrazole rings is 1. The Labute approximate surface area is 202 Å². The second-order valence-corrected chi connectivity index (χ2v) is 10.0. The van der Waals surface area contributed by atoms with Crippen LogP contribution in [0.4, 0.5) is 22.0 Å². The van der Waals surface area contributed by atoms with E-state index in [1.807, 2.05) is 0 Å². The Hall–Kier alpha value is -3.12. The highest BCUT2D eigenvalue weighted by Crippen LogP contribution is 2.76. The van der Waals surface area contributed by atoms with E-state index in [4.69, 9.17) is 9.84 Å². The highest BCUT2D eigenvalue weighted by atomic mass is 19.4. The van der Waals surface area contributed by atoms with Crippen molar-refractivity contribution in [1.82, 2.24) is 20.2 Å². The SMILES string of the molecule is O[C@@H](COc1ccc(C23CC(C[C@](O)(Cn4cnnn4)c4ccc(F)cc4F)(C2)C3)cc1)C(F)(F)F. The summed E-state index contributed by atoms with van der Waals surface area (Å²) in [5.74, 6) is -1.38. The molecule has 1 heterocycles. The van der Waals surface area contributed by atoms with Gasteiger partial charge in [-0.15, -0.1) is 5.10 Å². The van der Waals surface area contributed by atoms with Crippen molar-refractivity contribution in [2.75, 3.05) is 6.61 Å². The number of halogens is 5. The number of aromatic nitrogens is 4. The molecular weight excluding hydrogens is 487 g/mol. The lowest BCUT2D eigenvalue weighted by atomic mass is 9.32. The molecule has 3 aliphatic carbocycles. The zero-order chi connectivity index (χ0) is 25.8. The zero-order valence-electron chi connectivity index (χ0n) is 18.9. The molecule has 192 valence electrons. The maximum atomic E-state index is 14.7. The van der Waals surface area contributed by atoms with Crippen LogP contribution in [0, 0.1) is 17.0 Å². The van der Waals surface area contributed by atoms with Crippen molar-refractivity contribution in [3.8, 4) is 5.75 Å². The maximum absolute atomic E-state index is 14.7. The van der Waals surface area contributed by atoms with Crippen LogP contribution in [-0.2, 0) is 17.6 Å². The summed E-state index contributed by atoms with van der Waals surface area (Å²) in [6.45, 7) is -0.996. The van der Waals surface area contributed by atoms with Crippen LogP contribution in [0.5, 0.6) is 5.75 Å². The predicted molar refractivity (Wildman–Crippen MR) is 115 cm³/mol. The number of nitrogens with zero attached hydrogens (tertiary/aromatic N) is 4. The molecule has 0 unspecified atom stereocenters. The molecule has 2 atom stereocenters. The fourth-order valence-electron chi connectivity index (χ4n) is 5.91. The molecule has 2 N–H and O–H groups in total. The van der Waals surface area contributed by atoms with Gasteiger partial charge >= 0.3 is 6.18 Å². The van der Waals surface area contributed by atoms with Gasteiger partial charge in [0.05, 0.1) is 6.54 Å². The smallest absolute Gasteiger partial charge is 0.417 e. The van der Waals surface area contributed by atoms with Crippen LogP contribution in [0.1, 0.15) is 36.8 Å². The zero-order valence-corrected chi connectivity index (χ0v) is 18.9. The quantitative estimate of drug-likeness (QED) is 0.427. The molecule has 1 aromatic heterocycles. The van der Waals surface area contributed by atoms with Gasteiger partial charge in [-0.05, 0) is 70.7 Å². The average molecular weight is 510 g/mol. The highest BCUT2D eigenvalue weighted by molar-refractivity contribution is 5.42. The third kappa shape index (κ3) is 4.43. The van der Waals surface area contributed by atoms with Crippen LogP contribution < -0.4 is 4.74 Å². The minimum atomic E-state index is -4.75. The molecule has 3 fully saturated rings. The van der Waals surface area contributed by atoms with Crippen molar-refractivity contribution in [3.05, 3.63) is 71.6 Å². The molecule has 3 saturated carbocycles. The minimum Gasteiger partial charge on any atom is -0.491 e. The number of aliphatic hydroxyl groups excluding tert-OH is 1. The van der Waals surface area contributed by atoms with E-state index in [1.165, 1.54) is 17.1 Å². The fourth-order valence-corrected chi connectivity index (χ4v) is 5.91. The first-order chi connectivity index (χ1) is 16.9. The Balaban J connectivity index is 1.27. The van der Waals surface area contributed by atoms with E-state index in [9.17, 15) is 27.1 Å².